The zero-order valence-corrected chi connectivity index (χ0v) is 22.6. The molecule has 0 fully saturated rings. The molecular weight excluding hydrogens is 448 g/mol. The van der Waals surface area contributed by atoms with Gasteiger partial charge in [0, 0.05) is 11.1 Å². The van der Waals surface area contributed by atoms with E-state index in [0.29, 0.717) is 11.1 Å². The van der Waals surface area contributed by atoms with E-state index in [1.807, 2.05) is 0 Å². The van der Waals surface area contributed by atoms with Gasteiger partial charge in [-0.15, -0.1) is 0 Å². The van der Waals surface area contributed by atoms with Gasteiger partial charge in [-0.3, -0.25) is 0 Å². The van der Waals surface area contributed by atoms with E-state index in [0.717, 1.165) is 0 Å². The van der Waals surface area contributed by atoms with Crippen molar-refractivity contribution in [1.82, 2.24) is 0 Å². The molecule has 0 bridgehead atoms. The van der Waals surface area contributed by atoms with Gasteiger partial charge in [0.1, 0.15) is 0 Å². The van der Waals surface area contributed by atoms with E-state index < -0.39 is 8.07 Å². The highest BCUT2D eigenvalue weighted by Gasteiger charge is 2.50. The van der Waals surface area contributed by atoms with Crippen molar-refractivity contribution < 1.29 is 0 Å². The van der Waals surface area contributed by atoms with E-state index in [4.69, 9.17) is 0 Å². The second kappa shape index (κ2) is 9.71. The highest BCUT2D eigenvalue weighted by Crippen LogP contribution is 2.57. The van der Waals surface area contributed by atoms with Crippen LogP contribution >= 0.6 is 0 Å². The topological polar surface area (TPSA) is 0 Å². The minimum absolute atomic E-state index is 0.445. The number of fused-ring (bicyclic) bond motifs is 6. The monoisotopic (exact) mass is 484 g/mol. The Bertz CT molecular complexity index is 1230. The summed E-state index contributed by atoms with van der Waals surface area (Å²) in [5, 5.41) is 0. The Morgan fingerprint density at radius 3 is 1.33 bits per heavy atom. The minimum Gasteiger partial charge on any atom is -0.0967 e. The van der Waals surface area contributed by atoms with Crippen molar-refractivity contribution >= 4 is 8.07 Å². The Kier molecular flexibility index (Phi) is 6.27. The predicted molar refractivity (Wildman–Crippen MR) is 157 cm³/mol. The SMILES string of the molecule is CCCCCCC=C[Si](C)(C1c2ccccc2-c2ccccc21)C1c2ccccc2-c2ccccc21. The van der Waals surface area contributed by atoms with Crippen LogP contribution in [0.5, 0.6) is 0 Å². The lowest BCUT2D eigenvalue weighted by molar-refractivity contribution is 0.674. The maximum atomic E-state index is 2.74. The fraction of sp³-hybridized carbons (Fsp3) is 0.257. The van der Waals surface area contributed by atoms with Crippen molar-refractivity contribution in [2.75, 3.05) is 0 Å². The van der Waals surface area contributed by atoms with Gasteiger partial charge in [-0.1, -0.05) is 142 Å². The lowest BCUT2D eigenvalue weighted by Gasteiger charge is -2.39. The first kappa shape index (κ1) is 23.2. The number of allylic oxidation sites excluding steroid dienone is 1. The van der Waals surface area contributed by atoms with Crippen LogP contribution < -0.4 is 0 Å². The first-order valence-corrected chi connectivity index (χ1v) is 16.5. The van der Waals surface area contributed by atoms with E-state index in [-0.39, 0.29) is 0 Å². The summed E-state index contributed by atoms with van der Waals surface area (Å²) in [6.07, 6.45) is 9.02. The molecule has 0 spiro atoms. The number of benzene rings is 4. The van der Waals surface area contributed by atoms with E-state index in [1.165, 1.54) is 76.6 Å². The molecule has 0 radical (unpaired) electrons. The van der Waals surface area contributed by atoms with Gasteiger partial charge in [0.2, 0.25) is 0 Å². The molecule has 0 aromatic heterocycles. The van der Waals surface area contributed by atoms with Crippen LogP contribution in [0.4, 0.5) is 0 Å². The fourth-order valence-electron chi connectivity index (χ4n) is 7.04. The van der Waals surface area contributed by atoms with E-state index >= 15 is 0 Å². The third-order valence-electron chi connectivity index (χ3n) is 8.61. The molecule has 4 aromatic rings. The van der Waals surface area contributed by atoms with Crippen LogP contribution in [0.3, 0.4) is 0 Å². The maximum Gasteiger partial charge on any atom is 0.0986 e. The lowest BCUT2D eigenvalue weighted by Crippen LogP contribution is -2.43. The normalized spacial score (nSPS) is 14.6. The van der Waals surface area contributed by atoms with Crippen LogP contribution in [0.2, 0.25) is 6.55 Å². The summed E-state index contributed by atoms with van der Waals surface area (Å²) in [4.78, 5) is 0. The van der Waals surface area contributed by atoms with Crippen LogP contribution in [0.15, 0.2) is 109 Å². The summed E-state index contributed by atoms with van der Waals surface area (Å²) >= 11 is 0. The molecule has 4 aromatic carbocycles. The highest BCUT2D eigenvalue weighted by molar-refractivity contribution is 6.87. The molecule has 0 unspecified atom stereocenters. The van der Waals surface area contributed by atoms with Gasteiger partial charge >= 0.3 is 0 Å². The Morgan fingerprint density at radius 2 is 0.944 bits per heavy atom. The molecule has 0 saturated carbocycles. The molecule has 0 atom stereocenters. The molecule has 2 aliphatic rings. The summed E-state index contributed by atoms with van der Waals surface area (Å²) < 4.78 is 0. The molecule has 180 valence electrons. The van der Waals surface area contributed by atoms with Gasteiger partial charge in [0.15, 0.2) is 0 Å². The third-order valence-corrected chi connectivity index (χ3v) is 13.3. The van der Waals surface area contributed by atoms with Gasteiger partial charge < -0.3 is 0 Å². The second-order valence-corrected chi connectivity index (χ2v) is 15.1. The van der Waals surface area contributed by atoms with Crippen molar-refractivity contribution in [2.45, 2.75) is 56.7 Å². The molecule has 0 heterocycles. The van der Waals surface area contributed by atoms with Crippen molar-refractivity contribution in [3.8, 4) is 22.3 Å². The van der Waals surface area contributed by atoms with Crippen molar-refractivity contribution in [2.24, 2.45) is 0 Å². The van der Waals surface area contributed by atoms with Crippen LogP contribution in [-0.4, -0.2) is 8.07 Å². The largest absolute Gasteiger partial charge is 0.0986 e. The lowest BCUT2D eigenvalue weighted by atomic mass is 10.1. The molecule has 0 nitrogen and oxygen atoms in total. The third kappa shape index (κ3) is 3.73. The Morgan fingerprint density at radius 1 is 0.556 bits per heavy atom. The summed E-state index contributed by atoms with van der Waals surface area (Å²) in [6.45, 7) is 4.96. The second-order valence-electron chi connectivity index (χ2n) is 10.8. The molecule has 0 saturated heterocycles. The molecule has 0 N–H and O–H groups in total. The van der Waals surface area contributed by atoms with Gasteiger partial charge in [0.25, 0.3) is 0 Å². The Labute approximate surface area is 217 Å². The molecule has 6 rings (SSSR count). The highest BCUT2D eigenvalue weighted by atomic mass is 28.3. The van der Waals surface area contributed by atoms with Crippen LogP contribution in [0.1, 0.15) is 72.4 Å². The van der Waals surface area contributed by atoms with Crippen molar-refractivity contribution in [3.05, 3.63) is 131 Å². The number of unbranched alkanes of at least 4 members (excludes halogenated alkanes) is 4. The fourth-order valence-corrected chi connectivity index (χ4v) is 12.1. The Hall–Kier alpha value is -3.16. The number of hydrogen-bond acceptors (Lipinski definition) is 0. The van der Waals surface area contributed by atoms with E-state index in [1.54, 1.807) is 0 Å². The van der Waals surface area contributed by atoms with E-state index in [9.17, 15) is 0 Å². The van der Waals surface area contributed by atoms with Gasteiger partial charge in [0.05, 0.1) is 8.07 Å². The maximum absolute atomic E-state index is 2.74. The first-order chi connectivity index (χ1) is 17.7. The Balaban J connectivity index is 1.54. The average molecular weight is 485 g/mol. The average Bonchev–Trinajstić information content (AvgIpc) is 3.45. The predicted octanol–water partition coefficient (Wildman–Crippen LogP) is 9.83. The van der Waals surface area contributed by atoms with Gasteiger partial charge in [-0.05, 0) is 57.3 Å². The first-order valence-electron chi connectivity index (χ1n) is 13.8. The molecule has 36 heavy (non-hydrogen) atoms. The smallest absolute Gasteiger partial charge is 0.0967 e. The quantitative estimate of drug-likeness (QED) is 0.172. The zero-order valence-electron chi connectivity index (χ0n) is 21.6. The summed E-state index contributed by atoms with van der Waals surface area (Å²) in [6, 6.07) is 36.8. The summed E-state index contributed by atoms with van der Waals surface area (Å²) in [5.74, 6) is 0. The van der Waals surface area contributed by atoms with Crippen LogP contribution in [0, 0.1) is 0 Å². The van der Waals surface area contributed by atoms with Crippen molar-refractivity contribution in [3.63, 3.8) is 0 Å². The summed E-state index contributed by atoms with van der Waals surface area (Å²) in [5.41, 5.74) is 15.5. The molecular formula is C35H36Si. The van der Waals surface area contributed by atoms with Gasteiger partial charge in [-0.25, -0.2) is 0 Å². The number of rotatable bonds is 8. The number of hydrogen-bond donors (Lipinski definition) is 0. The standard InChI is InChI=1S/C35H36Si/c1-3-4-5-6-7-16-25-36(2,34-30-21-12-8-17-26(30)27-18-9-13-22-31(27)34)35-32-23-14-10-19-28(32)29-20-11-15-24-33(29)35/h8-25,34-35H,3-7H2,1-2H3. The molecule has 0 aliphatic heterocycles. The van der Waals surface area contributed by atoms with Gasteiger partial charge in [-0.2, -0.15) is 0 Å². The molecule has 0 amide bonds. The molecule has 1 heteroatoms. The van der Waals surface area contributed by atoms with Crippen LogP contribution in [0.25, 0.3) is 22.3 Å². The summed E-state index contributed by atoms with van der Waals surface area (Å²) in [7, 11) is -2.14. The zero-order chi connectivity index (χ0) is 24.5. The minimum atomic E-state index is -2.14. The molecule has 2 aliphatic carbocycles. The van der Waals surface area contributed by atoms with E-state index in [2.05, 4.69) is 122 Å². The van der Waals surface area contributed by atoms with Crippen LogP contribution in [-0.2, 0) is 0 Å². The van der Waals surface area contributed by atoms with Crippen molar-refractivity contribution in [1.29, 1.82) is 0 Å².